The molecule has 0 aliphatic carbocycles. The third kappa shape index (κ3) is 3.77. The minimum Gasteiger partial charge on any atom is -0.364 e. The highest BCUT2D eigenvalue weighted by molar-refractivity contribution is 7.99. The average Bonchev–Trinajstić information content (AvgIpc) is 2.77. The highest BCUT2D eigenvalue weighted by atomic mass is 35.5. The van der Waals surface area contributed by atoms with Gasteiger partial charge in [-0.3, -0.25) is 4.79 Å². The third-order valence-electron chi connectivity index (χ3n) is 3.15. The van der Waals surface area contributed by atoms with Crippen LogP contribution >= 0.6 is 23.4 Å². The molecule has 1 aliphatic rings. The fraction of sp³-hybridized carbons (Fsp3) is 0.429. The standard InChI is InChI=1S/C14H15ClF2N2O2S/c1-9-6-14(21,13(16)17)19(18-9)12(20)8-22-7-10-2-4-11(15)5-3-10/h2-5,13,21H,6-8H2,1H3/t14-/m0/s1. The number of halogens is 3. The van der Waals surface area contributed by atoms with E-state index in [1.54, 1.807) is 12.1 Å². The van der Waals surface area contributed by atoms with E-state index in [0.717, 1.165) is 5.56 Å². The van der Waals surface area contributed by atoms with Crippen molar-refractivity contribution in [1.82, 2.24) is 5.01 Å². The Balaban J connectivity index is 1.92. The van der Waals surface area contributed by atoms with E-state index < -0.39 is 18.1 Å². The van der Waals surface area contributed by atoms with Gasteiger partial charge in [0.2, 0.25) is 5.72 Å². The largest absolute Gasteiger partial charge is 0.364 e. The van der Waals surface area contributed by atoms with Crippen molar-refractivity contribution in [2.45, 2.75) is 31.2 Å². The van der Waals surface area contributed by atoms with Gasteiger partial charge in [-0.1, -0.05) is 23.7 Å². The Labute approximate surface area is 136 Å². The summed E-state index contributed by atoms with van der Waals surface area (Å²) in [4.78, 5) is 12.0. The van der Waals surface area contributed by atoms with Crippen LogP contribution in [0.1, 0.15) is 18.9 Å². The summed E-state index contributed by atoms with van der Waals surface area (Å²) in [6.45, 7) is 1.50. The van der Waals surface area contributed by atoms with Crippen molar-refractivity contribution < 1.29 is 18.7 Å². The molecule has 0 bridgehead atoms. The van der Waals surface area contributed by atoms with E-state index in [9.17, 15) is 18.7 Å². The molecule has 0 saturated heterocycles. The van der Waals surface area contributed by atoms with Gasteiger partial charge in [0.25, 0.3) is 12.3 Å². The number of carbonyl (C=O) groups is 1. The number of amides is 1. The molecule has 2 rings (SSSR count). The molecule has 0 fully saturated rings. The molecule has 1 heterocycles. The maximum atomic E-state index is 13.0. The van der Waals surface area contributed by atoms with Crippen molar-refractivity contribution in [2.75, 3.05) is 5.75 Å². The third-order valence-corrected chi connectivity index (χ3v) is 4.39. The van der Waals surface area contributed by atoms with Gasteiger partial charge >= 0.3 is 0 Å². The predicted octanol–water partition coefficient (Wildman–Crippen LogP) is 3.14. The summed E-state index contributed by atoms with van der Waals surface area (Å²) in [7, 11) is 0. The summed E-state index contributed by atoms with van der Waals surface area (Å²) in [5.74, 6) is -0.153. The number of hydrogen-bond donors (Lipinski definition) is 1. The number of hydrogen-bond acceptors (Lipinski definition) is 4. The molecule has 1 N–H and O–H groups in total. The summed E-state index contributed by atoms with van der Waals surface area (Å²) < 4.78 is 26.0. The molecule has 0 radical (unpaired) electrons. The first-order valence-corrected chi connectivity index (χ1v) is 8.06. The van der Waals surface area contributed by atoms with Crippen molar-refractivity contribution in [3.8, 4) is 0 Å². The second kappa shape index (κ2) is 6.93. The number of nitrogens with zero attached hydrogens (tertiary/aromatic N) is 2. The maximum absolute atomic E-state index is 13.0. The van der Waals surface area contributed by atoms with E-state index in [4.69, 9.17) is 11.6 Å². The van der Waals surface area contributed by atoms with Gasteiger partial charge in [-0.15, -0.1) is 11.8 Å². The Morgan fingerprint density at radius 2 is 2.14 bits per heavy atom. The first-order valence-electron chi connectivity index (χ1n) is 6.53. The average molecular weight is 349 g/mol. The van der Waals surface area contributed by atoms with E-state index in [2.05, 4.69) is 5.10 Å². The van der Waals surface area contributed by atoms with Crippen molar-refractivity contribution in [2.24, 2.45) is 5.10 Å². The lowest BCUT2D eigenvalue weighted by atomic mass is 10.1. The molecule has 1 aliphatic heterocycles. The van der Waals surface area contributed by atoms with E-state index >= 15 is 0 Å². The second-order valence-electron chi connectivity index (χ2n) is 5.02. The normalized spacial score (nSPS) is 21.4. The first-order chi connectivity index (χ1) is 10.3. The highest BCUT2D eigenvalue weighted by Crippen LogP contribution is 2.32. The molecular formula is C14H15ClF2N2O2S. The van der Waals surface area contributed by atoms with Crippen LogP contribution in [0.25, 0.3) is 0 Å². The fourth-order valence-corrected chi connectivity index (χ4v) is 3.04. The van der Waals surface area contributed by atoms with Crippen LogP contribution in [0.3, 0.4) is 0 Å². The Morgan fingerprint density at radius 3 is 2.73 bits per heavy atom. The quantitative estimate of drug-likeness (QED) is 0.889. The monoisotopic (exact) mass is 348 g/mol. The lowest BCUT2D eigenvalue weighted by Crippen LogP contribution is -2.52. The smallest absolute Gasteiger partial charge is 0.287 e. The number of alkyl halides is 2. The molecule has 0 saturated carbocycles. The molecule has 0 aromatic heterocycles. The molecule has 22 heavy (non-hydrogen) atoms. The Bertz CT molecular complexity index is 583. The molecular weight excluding hydrogens is 334 g/mol. The van der Waals surface area contributed by atoms with Crippen LogP contribution in [-0.4, -0.2) is 39.6 Å². The Kier molecular flexibility index (Phi) is 5.41. The van der Waals surface area contributed by atoms with Gasteiger partial charge < -0.3 is 5.11 Å². The van der Waals surface area contributed by atoms with Gasteiger partial charge in [0, 0.05) is 22.9 Å². The highest BCUT2D eigenvalue weighted by Gasteiger charge is 2.50. The van der Waals surface area contributed by atoms with E-state index in [0.29, 0.717) is 21.5 Å². The molecule has 1 aromatic carbocycles. The summed E-state index contributed by atoms with van der Waals surface area (Å²) in [5.41, 5.74) is -1.26. The number of rotatable bonds is 5. The van der Waals surface area contributed by atoms with Gasteiger partial charge in [0.1, 0.15) is 0 Å². The van der Waals surface area contributed by atoms with E-state index in [1.165, 1.54) is 18.7 Å². The number of aliphatic hydroxyl groups is 1. The van der Waals surface area contributed by atoms with Crippen LogP contribution in [-0.2, 0) is 10.5 Å². The molecule has 120 valence electrons. The number of hydrazone groups is 1. The topological polar surface area (TPSA) is 52.9 Å². The first kappa shape index (κ1) is 17.2. The van der Waals surface area contributed by atoms with Crippen LogP contribution in [0.15, 0.2) is 29.4 Å². The predicted molar refractivity (Wildman–Crippen MR) is 83.1 cm³/mol. The number of thioether (sulfide) groups is 1. The summed E-state index contributed by atoms with van der Waals surface area (Å²) in [6.07, 6.45) is -3.41. The minimum atomic E-state index is -3.07. The van der Waals surface area contributed by atoms with Crippen LogP contribution in [0.2, 0.25) is 5.02 Å². The number of carbonyl (C=O) groups excluding carboxylic acids is 1. The van der Waals surface area contributed by atoms with Gasteiger partial charge in [0.05, 0.1) is 5.75 Å². The molecule has 0 unspecified atom stereocenters. The van der Waals surface area contributed by atoms with E-state index in [-0.39, 0.29) is 12.2 Å². The van der Waals surface area contributed by atoms with Crippen LogP contribution in [0.4, 0.5) is 8.78 Å². The lowest BCUT2D eigenvalue weighted by Gasteiger charge is -2.29. The zero-order chi connectivity index (χ0) is 16.3. The molecule has 1 aromatic rings. The van der Waals surface area contributed by atoms with Gasteiger partial charge in [0.15, 0.2) is 0 Å². The van der Waals surface area contributed by atoms with Crippen molar-refractivity contribution >= 4 is 35.0 Å². The van der Waals surface area contributed by atoms with Gasteiger partial charge in [-0.05, 0) is 24.6 Å². The SMILES string of the molecule is CC1=NN(C(=O)CSCc2ccc(Cl)cc2)[C@@](O)(C(F)F)C1. The molecule has 8 heteroatoms. The van der Waals surface area contributed by atoms with Crippen molar-refractivity contribution in [1.29, 1.82) is 0 Å². The number of benzene rings is 1. The van der Waals surface area contributed by atoms with Gasteiger partial charge in [-0.2, -0.15) is 10.1 Å². The zero-order valence-electron chi connectivity index (χ0n) is 11.8. The summed E-state index contributed by atoms with van der Waals surface area (Å²) in [6, 6.07) is 7.13. The van der Waals surface area contributed by atoms with E-state index in [1.807, 2.05) is 12.1 Å². The summed E-state index contributed by atoms with van der Waals surface area (Å²) in [5, 5.41) is 14.8. The lowest BCUT2D eigenvalue weighted by molar-refractivity contribution is -0.190. The summed E-state index contributed by atoms with van der Waals surface area (Å²) >= 11 is 7.04. The van der Waals surface area contributed by atoms with Crippen molar-refractivity contribution in [3.05, 3.63) is 34.9 Å². The fourth-order valence-electron chi connectivity index (χ4n) is 2.08. The van der Waals surface area contributed by atoms with Gasteiger partial charge in [-0.25, -0.2) is 8.78 Å². The Morgan fingerprint density at radius 1 is 1.50 bits per heavy atom. The van der Waals surface area contributed by atoms with Crippen molar-refractivity contribution in [3.63, 3.8) is 0 Å². The van der Waals surface area contributed by atoms with Crippen LogP contribution in [0.5, 0.6) is 0 Å². The molecule has 1 atom stereocenters. The zero-order valence-corrected chi connectivity index (χ0v) is 13.4. The van der Waals surface area contributed by atoms with Crippen LogP contribution < -0.4 is 0 Å². The second-order valence-corrected chi connectivity index (χ2v) is 6.44. The van der Waals surface area contributed by atoms with Crippen LogP contribution in [0, 0.1) is 0 Å². The molecule has 4 nitrogen and oxygen atoms in total. The maximum Gasteiger partial charge on any atom is 0.287 e. The Hall–Kier alpha value is -1.18. The minimum absolute atomic E-state index is 0.0472. The molecule has 0 spiro atoms. The molecule has 1 amide bonds.